The van der Waals surface area contributed by atoms with Crippen LogP contribution in [0.4, 0.5) is 5.69 Å². The average molecular weight is 360 g/mol. The van der Waals surface area contributed by atoms with Crippen LogP contribution in [0.25, 0.3) is 0 Å². The molecule has 114 valence electrons. The predicted molar refractivity (Wildman–Crippen MR) is 92.8 cm³/mol. The number of methoxy groups -OCH3 is 1. The van der Waals surface area contributed by atoms with Gasteiger partial charge in [-0.1, -0.05) is 40.2 Å². The predicted octanol–water partition coefficient (Wildman–Crippen LogP) is 4.53. The van der Waals surface area contributed by atoms with E-state index in [4.69, 9.17) is 0 Å². The molecule has 0 bridgehead atoms. The third kappa shape index (κ3) is 5.04. The van der Waals surface area contributed by atoms with Gasteiger partial charge in [0.25, 0.3) is 0 Å². The van der Waals surface area contributed by atoms with Crippen LogP contribution >= 0.6 is 15.9 Å². The van der Waals surface area contributed by atoms with Crippen molar-refractivity contribution in [3.05, 3.63) is 75.9 Å². The number of halogens is 1. The van der Waals surface area contributed by atoms with Crippen LogP contribution in [-0.4, -0.2) is 13.1 Å². The van der Waals surface area contributed by atoms with Gasteiger partial charge in [0, 0.05) is 21.9 Å². The van der Waals surface area contributed by atoms with Crippen LogP contribution < -0.4 is 5.32 Å². The van der Waals surface area contributed by atoms with Gasteiger partial charge < -0.3 is 10.1 Å². The maximum absolute atomic E-state index is 11.2. The lowest BCUT2D eigenvalue weighted by molar-refractivity contribution is -0.134. The summed E-state index contributed by atoms with van der Waals surface area (Å²) in [5.74, 6) is -0.364. The first-order chi connectivity index (χ1) is 10.6. The molecule has 0 saturated heterocycles. The fourth-order valence-corrected chi connectivity index (χ4v) is 2.31. The van der Waals surface area contributed by atoms with Crippen LogP contribution in [0, 0.1) is 0 Å². The van der Waals surface area contributed by atoms with Crippen molar-refractivity contribution in [2.75, 3.05) is 12.4 Å². The summed E-state index contributed by atoms with van der Waals surface area (Å²) in [6, 6.07) is 16.5. The standard InChI is InChI=1S/C18H18BrNO2/c1-13(11-18(21)22-2)20-17-9-5-15(6-10-17)12-14-3-7-16(19)8-4-14/h3-11,20H,12H2,1-2H3/b13-11+. The summed E-state index contributed by atoms with van der Waals surface area (Å²) >= 11 is 3.44. The van der Waals surface area contributed by atoms with Crippen molar-refractivity contribution in [2.24, 2.45) is 0 Å². The van der Waals surface area contributed by atoms with Gasteiger partial charge in [-0.05, 0) is 48.7 Å². The quantitative estimate of drug-likeness (QED) is 0.629. The van der Waals surface area contributed by atoms with E-state index < -0.39 is 0 Å². The molecule has 0 aromatic heterocycles. The molecule has 2 aromatic rings. The Labute approximate surface area is 139 Å². The smallest absolute Gasteiger partial charge is 0.332 e. The van der Waals surface area contributed by atoms with E-state index in [-0.39, 0.29) is 5.97 Å². The number of anilines is 1. The fraction of sp³-hybridized carbons (Fsp3) is 0.167. The number of allylic oxidation sites excluding steroid dienone is 1. The van der Waals surface area contributed by atoms with Crippen LogP contribution in [-0.2, 0) is 16.0 Å². The molecule has 0 heterocycles. The first kappa shape index (κ1) is 16.3. The summed E-state index contributed by atoms with van der Waals surface area (Å²) in [5, 5.41) is 3.16. The number of carbonyl (C=O) groups is 1. The molecule has 0 amide bonds. The zero-order valence-electron chi connectivity index (χ0n) is 12.6. The number of carbonyl (C=O) groups excluding carboxylic acids is 1. The monoisotopic (exact) mass is 359 g/mol. The van der Waals surface area contributed by atoms with Crippen molar-refractivity contribution in [2.45, 2.75) is 13.3 Å². The Morgan fingerprint density at radius 1 is 1.09 bits per heavy atom. The minimum absolute atomic E-state index is 0.364. The minimum Gasteiger partial charge on any atom is -0.466 e. The topological polar surface area (TPSA) is 38.3 Å². The normalized spacial score (nSPS) is 11.1. The van der Waals surface area contributed by atoms with Crippen LogP contribution in [0.1, 0.15) is 18.1 Å². The number of hydrogen-bond donors (Lipinski definition) is 1. The molecule has 4 heteroatoms. The maximum atomic E-state index is 11.2. The highest BCUT2D eigenvalue weighted by Crippen LogP contribution is 2.17. The zero-order valence-corrected chi connectivity index (χ0v) is 14.2. The molecule has 2 rings (SSSR count). The van der Waals surface area contributed by atoms with Crippen molar-refractivity contribution in [1.29, 1.82) is 0 Å². The number of rotatable bonds is 5. The molecular formula is C18H18BrNO2. The van der Waals surface area contributed by atoms with Gasteiger partial charge in [0.2, 0.25) is 0 Å². The zero-order chi connectivity index (χ0) is 15.9. The molecule has 2 aromatic carbocycles. The Hall–Kier alpha value is -2.07. The highest BCUT2D eigenvalue weighted by atomic mass is 79.9. The van der Waals surface area contributed by atoms with E-state index in [1.807, 2.05) is 31.2 Å². The molecule has 0 spiro atoms. The fourth-order valence-electron chi connectivity index (χ4n) is 2.04. The third-order valence-electron chi connectivity index (χ3n) is 3.15. The summed E-state index contributed by atoms with van der Waals surface area (Å²) in [6.45, 7) is 1.83. The molecule has 0 atom stereocenters. The van der Waals surface area contributed by atoms with Crippen molar-refractivity contribution in [1.82, 2.24) is 0 Å². The molecule has 0 aliphatic carbocycles. The highest BCUT2D eigenvalue weighted by Gasteiger charge is 2.00. The number of ether oxygens (including phenoxy) is 1. The molecule has 0 saturated carbocycles. The summed E-state index contributed by atoms with van der Waals surface area (Å²) in [4.78, 5) is 11.2. The Kier molecular flexibility index (Phi) is 5.78. The van der Waals surface area contributed by atoms with Gasteiger partial charge >= 0.3 is 5.97 Å². The molecule has 0 fully saturated rings. The van der Waals surface area contributed by atoms with E-state index in [1.54, 1.807) is 0 Å². The number of benzene rings is 2. The average Bonchev–Trinajstić information content (AvgIpc) is 2.51. The maximum Gasteiger partial charge on any atom is 0.332 e. The van der Waals surface area contributed by atoms with Crippen molar-refractivity contribution in [3.63, 3.8) is 0 Å². The van der Waals surface area contributed by atoms with Crippen LogP contribution in [0.15, 0.2) is 64.8 Å². The SMILES string of the molecule is COC(=O)/C=C(\C)Nc1ccc(Cc2ccc(Br)cc2)cc1. The summed E-state index contributed by atoms with van der Waals surface area (Å²) in [5.41, 5.74) is 4.19. The molecule has 3 nitrogen and oxygen atoms in total. The number of nitrogens with one attached hydrogen (secondary N) is 1. The van der Waals surface area contributed by atoms with Gasteiger partial charge in [0.1, 0.15) is 0 Å². The third-order valence-corrected chi connectivity index (χ3v) is 3.68. The molecule has 1 N–H and O–H groups in total. The van der Waals surface area contributed by atoms with Gasteiger partial charge in [-0.3, -0.25) is 0 Å². The second-order valence-corrected chi connectivity index (χ2v) is 5.89. The van der Waals surface area contributed by atoms with E-state index in [0.717, 1.165) is 22.3 Å². The van der Waals surface area contributed by atoms with E-state index in [9.17, 15) is 4.79 Å². The minimum atomic E-state index is -0.364. The molecule has 0 radical (unpaired) electrons. The highest BCUT2D eigenvalue weighted by molar-refractivity contribution is 9.10. The van der Waals surface area contributed by atoms with E-state index >= 15 is 0 Å². The van der Waals surface area contributed by atoms with Crippen LogP contribution in [0.3, 0.4) is 0 Å². The second-order valence-electron chi connectivity index (χ2n) is 4.98. The van der Waals surface area contributed by atoms with E-state index in [0.29, 0.717) is 0 Å². The molecule has 0 unspecified atom stereocenters. The Bertz CT molecular complexity index is 660. The van der Waals surface area contributed by atoms with Crippen LogP contribution in [0.5, 0.6) is 0 Å². The summed E-state index contributed by atoms with van der Waals surface area (Å²) < 4.78 is 5.68. The van der Waals surface area contributed by atoms with Gasteiger partial charge in [0.05, 0.1) is 7.11 Å². The Balaban J connectivity index is 1.99. The van der Waals surface area contributed by atoms with Gasteiger partial charge in [-0.2, -0.15) is 0 Å². The largest absolute Gasteiger partial charge is 0.466 e. The Morgan fingerprint density at radius 3 is 2.18 bits per heavy atom. The van der Waals surface area contributed by atoms with Crippen LogP contribution in [0.2, 0.25) is 0 Å². The second kappa shape index (κ2) is 7.80. The lowest BCUT2D eigenvalue weighted by Gasteiger charge is -2.08. The first-order valence-electron chi connectivity index (χ1n) is 6.93. The Morgan fingerprint density at radius 2 is 1.64 bits per heavy atom. The van der Waals surface area contributed by atoms with Crippen molar-refractivity contribution < 1.29 is 9.53 Å². The van der Waals surface area contributed by atoms with E-state index in [2.05, 4.69) is 50.2 Å². The van der Waals surface area contributed by atoms with Gasteiger partial charge in [0.15, 0.2) is 0 Å². The number of esters is 1. The molecular weight excluding hydrogens is 342 g/mol. The molecule has 0 aliphatic heterocycles. The summed E-state index contributed by atoms with van der Waals surface area (Å²) in [7, 11) is 1.36. The molecule has 22 heavy (non-hydrogen) atoms. The first-order valence-corrected chi connectivity index (χ1v) is 7.73. The summed E-state index contributed by atoms with van der Waals surface area (Å²) in [6.07, 6.45) is 2.32. The van der Waals surface area contributed by atoms with Gasteiger partial charge in [-0.15, -0.1) is 0 Å². The van der Waals surface area contributed by atoms with Gasteiger partial charge in [-0.25, -0.2) is 4.79 Å². The lowest BCUT2D eigenvalue weighted by Crippen LogP contribution is -2.02. The number of hydrogen-bond acceptors (Lipinski definition) is 3. The lowest BCUT2D eigenvalue weighted by atomic mass is 10.0. The van der Waals surface area contributed by atoms with E-state index in [1.165, 1.54) is 24.3 Å². The van der Waals surface area contributed by atoms with Crippen molar-refractivity contribution in [3.8, 4) is 0 Å². The van der Waals surface area contributed by atoms with Crippen molar-refractivity contribution >= 4 is 27.6 Å². The molecule has 0 aliphatic rings.